The van der Waals surface area contributed by atoms with Gasteiger partial charge in [0.05, 0.1) is 5.02 Å². The van der Waals surface area contributed by atoms with E-state index in [0.29, 0.717) is 5.02 Å². The second-order valence-corrected chi connectivity index (χ2v) is 6.05. The van der Waals surface area contributed by atoms with Gasteiger partial charge in [0.1, 0.15) is 12.4 Å². The quantitative estimate of drug-likeness (QED) is 0.536. The highest BCUT2D eigenvalue weighted by Crippen LogP contribution is 2.17. The van der Waals surface area contributed by atoms with Gasteiger partial charge in [0, 0.05) is 17.7 Å². The highest BCUT2D eigenvalue weighted by Gasteiger charge is 2.09. The molecule has 0 fully saturated rings. The number of nitrogens with zero attached hydrogens (tertiary/aromatic N) is 2. The Balaban J connectivity index is 0.000000368. The van der Waals surface area contributed by atoms with E-state index in [4.69, 9.17) is 30.2 Å². The summed E-state index contributed by atoms with van der Waals surface area (Å²) >= 11 is 5.96. The number of rotatable bonds is 2. The lowest BCUT2D eigenvalue weighted by atomic mass is 10.1. The van der Waals surface area contributed by atoms with Crippen molar-refractivity contribution in [3.63, 3.8) is 0 Å². The fourth-order valence-electron chi connectivity index (χ4n) is 2.08. The molecule has 0 unspecified atom stereocenters. The summed E-state index contributed by atoms with van der Waals surface area (Å²) in [4.78, 5) is 4.65. The van der Waals surface area contributed by atoms with Crippen molar-refractivity contribution < 1.29 is 33.3 Å². The molecule has 0 saturated carbocycles. The third-order valence-electron chi connectivity index (χ3n) is 3.20. The molecule has 6 nitrogen and oxygen atoms in total. The molecule has 24 heavy (non-hydrogen) atoms. The van der Waals surface area contributed by atoms with Crippen molar-refractivity contribution >= 4 is 17.2 Å². The van der Waals surface area contributed by atoms with Crippen LogP contribution in [0.4, 0.5) is 0 Å². The number of benzene rings is 1. The first-order valence-electron chi connectivity index (χ1n) is 6.95. The van der Waals surface area contributed by atoms with Crippen LogP contribution in [0, 0.1) is 10.2 Å². The first kappa shape index (κ1) is 18.5. The number of hydrogen-bond donors (Lipinski definition) is 0. The molecule has 0 aliphatic carbocycles. The van der Waals surface area contributed by atoms with E-state index in [1.165, 1.54) is 5.56 Å². The van der Waals surface area contributed by atoms with Gasteiger partial charge in [-0.05, 0) is 23.0 Å². The Morgan fingerprint density at radius 1 is 1.00 bits per heavy atom. The van der Waals surface area contributed by atoms with Gasteiger partial charge in [-0.1, -0.05) is 42.8 Å². The molecule has 2 heterocycles. The monoisotopic (exact) mass is 368 g/mol. The van der Waals surface area contributed by atoms with E-state index in [-0.39, 0.29) is 0 Å². The highest BCUT2D eigenvalue weighted by atomic mass is 35.7. The average molecular weight is 369 g/mol. The van der Waals surface area contributed by atoms with Crippen LogP contribution >= 0.6 is 11.6 Å². The van der Waals surface area contributed by atoms with Gasteiger partial charge in [0.2, 0.25) is 0 Å². The number of hydrogen-bond acceptors (Lipinski definition) is 5. The van der Waals surface area contributed by atoms with Gasteiger partial charge in [-0.2, -0.15) is 0 Å². The molecule has 0 amide bonds. The Labute approximate surface area is 146 Å². The van der Waals surface area contributed by atoms with Gasteiger partial charge in [0.25, 0.3) is 0 Å². The smallest absolute Gasteiger partial charge is 0.222 e. The molecule has 0 saturated heterocycles. The van der Waals surface area contributed by atoms with Crippen molar-refractivity contribution in [1.82, 2.24) is 4.98 Å². The van der Waals surface area contributed by atoms with Crippen molar-refractivity contribution in [3.8, 4) is 11.3 Å². The first-order chi connectivity index (χ1) is 11.3. The maximum absolute atomic E-state index is 8.49. The van der Waals surface area contributed by atoms with Crippen molar-refractivity contribution in [1.29, 1.82) is 0 Å². The lowest BCUT2D eigenvalue weighted by molar-refractivity contribution is -2.00. The van der Waals surface area contributed by atoms with E-state index in [2.05, 4.69) is 36.2 Å². The predicted octanol–water partition coefficient (Wildman–Crippen LogP) is -1.05. The number of fused-ring (bicyclic) bond motifs is 1. The van der Waals surface area contributed by atoms with Crippen LogP contribution in [0.2, 0.25) is 5.02 Å². The average Bonchev–Trinajstić information content (AvgIpc) is 2.53. The van der Waals surface area contributed by atoms with E-state index >= 15 is 0 Å². The van der Waals surface area contributed by atoms with E-state index in [9.17, 15) is 0 Å². The molecule has 8 heteroatoms. The SMILES string of the molecule is CCc1ccc(-c2cc[n+]3cc(Cl)ccc3n2)cc1.[O-][Cl+3]([O-])([O-])[O-]. The fraction of sp³-hybridized carbons (Fsp3) is 0.125. The molecular formula is C16H14Cl2N2O4. The van der Waals surface area contributed by atoms with Gasteiger partial charge in [-0.15, -0.1) is 10.2 Å². The summed E-state index contributed by atoms with van der Waals surface area (Å²) in [5.41, 5.74) is 4.34. The van der Waals surface area contributed by atoms with Crippen molar-refractivity contribution in [2.45, 2.75) is 13.3 Å². The summed E-state index contributed by atoms with van der Waals surface area (Å²) in [5.74, 6) is 0. The summed E-state index contributed by atoms with van der Waals surface area (Å²) in [7, 11) is -4.94. The number of aryl methyl sites for hydroxylation is 1. The summed E-state index contributed by atoms with van der Waals surface area (Å²) in [6, 6.07) is 14.3. The summed E-state index contributed by atoms with van der Waals surface area (Å²) in [6.07, 6.45) is 4.89. The zero-order valence-electron chi connectivity index (χ0n) is 12.7. The van der Waals surface area contributed by atoms with Gasteiger partial charge in [-0.3, -0.25) is 0 Å². The summed E-state index contributed by atoms with van der Waals surface area (Å²) in [5, 5.41) is 0.708. The number of halogens is 2. The van der Waals surface area contributed by atoms with Crippen LogP contribution < -0.4 is 23.0 Å². The topological polar surface area (TPSA) is 109 Å². The third kappa shape index (κ3) is 5.68. The maximum Gasteiger partial charge on any atom is 0.328 e. The van der Waals surface area contributed by atoms with Crippen molar-refractivity contribution in [3.05, 3.63) is 65.4 Å². The fourth-order valence-corrected chi connectivity index (χ4v) is 2.25. The van der Waals surface area contributed by atoms with Crippen LogP contribution in [0.25, 0.3) is 16.9 Å². The van der Waals surface area contributed by atoms with Crippen molar-refractivity contribution in [2.75, 3.05) is 0 Å². The molecule has 0 aliphatic heterocycles. The molecule has 126 valence electrons. The minimum Gasteiger partial charge on any atom is -0.222 e. The Morgan fingerprint density at radius 2 is 1.62 bits per heavy atom. The molecule has 0 N–H and O–H groups in total. The summed E-state index contributed by atoms with van der Waals surface area (Å²) < 4.78 is 35.9. The second kappa shape index (κ2) is 7.85. The van der Waals surface area contributed by atoms with Crippen LogP contribution in [-0.4, -0.2) is 4.98 Å². The van der Waals surface area contributed by atoms with E-state index in [0.717, 1.165) is 23.3 Å². The molecule has 1 aromatic carbocycles. The number of pyridine rings is 1. The van der Waals surface area contributed by atoms with E-state index in [1.807, 2.05) is 35.0 Å². The Morgan fingerprint density at radius 3 is 2.21 bits per heavy atom. The molecule has 3 aromatic rings. The predicted molar refractivity (Wildman–Crippen MR) is 77.2 cm³/mol. The largest absolute Gasteiger partial charge is 0.328 e. The van der Waals surface area contributed by atoms with Gasteiger partial charge in [-0.25, -0.2) is 23.0 Å². The number of aromatic nitrogens is 2. The molecule has 0 atom stereocenters. The minimum absolute atomic E-state index is 0.708. The molecule has 3 rings (SSSR count). The molecule has 2 aromatic heterocycles. The van der Waals surface area contributed by atoms with Crippen LogP contribution in [0.3, 0.4) is 0 Å². The van der Waals surface area contributed by atoms with Crippen LogP contribution in [0.15, 0.2) is 54.9 Å². The molecule has 0 bridgehead atoms. The zero-order chi connectivity index (χ0) is 17.7. The van der Waals surface area contributed by atoms with Gasteiger partial charge in [0.15, 0.2) is 5.69 Å². The Bertz CT molecular complexity index is 814. The molecule has 0 radical (unpaired) electrons. The zero-order valence-corrected chi connectivity index (χ0v) is 14.2. The van der Waals surface area contributed by atoms with Gasteiger partial charge >= 0.3 is 5.65 Å². The van der Waals surface area contributed by atoms with Crippen molar-refractivity contribution in [2.24, 2.45) is 0 Å². The lowest BCUT2D eigenvalue weighted by Crippen LogP contribution is -2.68. The third-order valence-corrected chi connectivity index (χ3v) is 3.43. The summed E-state index contributed by atoms with van der Waals surface area (Å²) in [6.45, 7) is 2.16. The minimum atomic E-state index is -4.94. The molecular weight excluding hydrogens is 355 g/mol. The van der Waals surface area contributed by atoms with Gasteiger partial charge < -0.3 is 0 Å². The normalized spacial score (nSPS) is 11.1. The van der Waals surface area contributed by atoms with Crippen LogP contribution in [0.5, 0.6) is 0 Å². The Hall–Kier alpha value is -1.80. The first-order valence-corrected chi connectivity index (χ1v) is 8.56. The highest BCUT2D eigenvalue weighted by molar-refractivity contribution is 6.30. The standard InChI is InChI=1S/C16H14ClN2.ClHO4/c1-2-12-3-5-13(6-4-12)15-9-10-19-11-14(17)7-8-16(19)18-15;2-1(3,4)5/h3-11H,2H2,1H3;(H,2,3,4,5)/q+1;/p-1. The second-order valence-electron chi connectivity index (χ2n) is 4.85. The van der Waals surface area contributed by atoms with E-state index in [1.54, 1.807) is 0 Å². The maximum atomic E-state index is 8.49. The molecule has 0 spiro atoms. The van der Waals surface area contributed by atoms with E-state index < -0.39 is 10.2 Å². The lowest BCUT2D eigenvalue weighted by Gasteiger charge is -2.17. The Kier molecular flexibility index (Phi) is 6.06. The van der Waals surface area contributed by atoms with Crippen LogP contribution in [-0.2, 0) is 6.42 Å². The van der Waals surface area contributed by atoms with Crippen LogP contribution in [0.1, 0.15) is 12.5 Å². The molecule has 0 aliphatic rings.